The van der Waals surface area contributed by atoms with Crippen molar-refractivity contribution in [2.24, 2.45) is 0 Å². The molecule has 1 aromatic carbocycles. The summed E-state index contributed by atoms with van der Waals surface area (Å²) in [7, 11) is 1.58. The van der Waals surface area contributed by atoms with Crippen molar-refractivity contribution >= 4 is 5.97 Å². The van der Waals surface area contributed by atoms with E-state index >= 15 is 0 Å². The standard InChI is InChI=1S/C16H20O4/c1-3-19-16(17)12-8-7-11-15(20-13-18-2)14-9-5-4-6-10-14/h4-12,15H,3,13H2,1-2H3/b11-7+,12-8-. The van der Waals surface area contributed by atoms with Crippen LogP contribution in [0.4, 0.5) is 0 Å². The lowest BCUT2D eigenvalue weighted by atomic mass is 10.1. The van der Waals surface area contributed by atoms with Gasteiger partial charge >= 0.3 is 5.97 Å². The average molecular weight is 276 g/mol. The fraction of sp³-hybridized carbons (Fsp3) is 0.312. The summed E-state index contributed by atoms with van der Waals surface area (Å²) in [5.74, 6) is -0.355. The maximum Gasteiger partial charge on any atom is 0.330 e. The van der Waals surface area contributed by atoms with Crippen LogP contribution in [0.5, 0.6) is 0 Å². The minimum Gasteiger partial charge on any atom is -0.463 e. The summed E-state index contributed by atoms with van der Waals surface area (Å²) in [6.45, 7) is 2.34. The second-order valence-corrected chi connectivity index (χ2v) is 3.90. The van der Waals surface area contributed by atoms with Crippen LogP contribution in [0.1, 0.15) is 18.6 Å². The first kappa shape index (κ1) is 16.1. The number of carbonyl (C=O) groups is 1. The number of rotatable bonds is 8. The van der Waals surface area contributed by atoms with Gasteiger partial charge in [-0.15, -0.1) is 0 Å². The van der Waals surface area contributed by atoms with Gasteiger partial charge in [0.25, 0.3) is 0 Å². The summed E-state index contributed by atoms with van der Waals surface area (Å²) >= 11 is 0. The Kier molecular flexibility index (Phi) is 8.03. The molecule has 0 bridgehead atoms. The third-order valence-electron chi connectivity index (χ3n) is 2.41. The SMILES string of the molecule is CCOC(=O)/C=C\C=C\C(OCOC)c1ccccc1. The van der Waals surface area contributed by atoms with E-state index in [0.717, 1.165) is 5.56 Å². The lowest BCUT2D eigenvalue weighted by Gasteiger charge is -2.13. The van der Waals surface area contributed by atoms with Gasteiger partial charge in [0.15, 0.2) is 0 Å². The van der Waals surface area contributed by atoms with Crippen LogP contribution >= 0.6 is 0 Å². The molecule has 0 aliphatic heterocycles. The molecule has 1 rings (SSSR count). The van der Waals surface area contributed by atoms with Gasteiger partial charge in [0.2, 0.25) is 0 Å². The van der Waals surface area contributed by atoms with Gasteiger partial charge in [-0.1, -0.05) is 48.6 Å². The first-order chi connectivity index (χ1) is 9.77. The smallest absolute Gasteiger partial charge is 0.330 e. The van der Waals surface area contributed by atoms with Crippen molar-refractivity contribution in [1.82, 2.24) is 0 Å². The zero-order chi connectivity index (χ0) is 14.6. The maximum absolute atomic E-state index is 11.1. The van der Waals surface area contributed by atoms with E-state index < -0.39 is 0 Å². The fourth-order valence-electron chi connectivity index (χ4n) is 1.54. The van der Waals surface area contributed by atoms with Crippen LogP contribution in [-0.4, -0.2) is 26.5 Å². The Morgan fingerprint density at radius 3 is 2.65 bits per heavy atom. The normalized spacial score (nSPS) is 12.9. The minimum absolute atomic E-state index is 0.200. The predicted molar refractivity (Wildman–Crippen MR) is 77.1 cm³/mol. The van der Waals surface area contributed by atoms with Crippen molar-refractivity contribution in [3.63, 3.8) is 0 Å². The van der Waals surface area contributed by atoms with Crippen molar-refractivity contribution in [3.05, 3.63) is 60.2 Å². The molecule has 0 radical (unpaired) electrons. The van der Waals surface area contributed by atoms with E-state index in [4.69, 9.17) is 14.2 Å². The largest absolute Gasteiger partial charge is 0.463 e. The number of allylic oxidation sites excluding steroid dienone is 2. The molecule has 0 aromatic heterocycles. The molecule has 1 aromatic rings. The molecule has 0 saturated heterocycles. The number of esters is 1. The molecule has 0 fully saturated rings. The summed E-state index contributed by atoms with van der Waals surface area (Å²) in [5, 5.41) is 0. The van der Waals surface area contributed by atoms with E-state index in [1.54, 1.807) is 26.2 Å². The van der Waals surface area contributed by atoms with Gasteiger partial charge in [-0.25, -0.2) is 4.79 Å². The Morgan fingerprint density at radius 2 is 2.00 bits per heavy atom. The number of benzene rings is 1. The fourth-order valence-corrected chi connectivity index (χ4v) is 1.54. The van der Waals surface area contributed by atoms with Crippen molar-refractivity contribution < 1.29 is 19.0 Å². The lowest BCUT2D eigenvalue weighted by molar-refractivity contribution is -0.137. The Bertz CT molecular complexity index is 437. The van der Waals surface area contributed by atoms with Crippen molar-refractivity contribution in [1.29, 1.82) is 0 Å². The number of hydrogen-bond acceptors (Lipinski definition) is 4. The van der Waals surface area contributed by atoms with E-state index in [-0.39, 0.29) is 18.9 Å². The summed E-state index contributed by atoms with van der Waals surface area (Å²) in [5.41, 5.74) is 1.02. The van der Waals surface area contributed by atoms with Gasteiger partial charge in [-0.2, -0.15) is 0 Å². The number of methoxy groups -OCH3 is 1. The van der Waals surface area contributed by atoms with Gasteiger partial charge in [0.1, 0.15) is 12.9 Å². The summed E-state index contributed by atoms with van der Waals surface area (Å²) in [6, 6.07) is 9.78. The van der Waals surface area contributed by atoms with Crippen LogP contribution in [0.2, 0.25) is 0 Å². The van der Waals surface area contributed by atoms with Gasteiger partial charge in [-0.3, -0.25) is 0 Å². The first-order valence-electron chi connectivity index (χ1n) is 6.45. The Morgan fingerprint density at radius 1 is 1.25 bits per heavy atom. The molecule has 4 heteroatoms. The second-order valence-electron chi connectivity index (χ2n) is 3.90. The molecule has 1 unspecified atom stereocenters. The second kappa shape index (κ2) is 9.95. The zero-order valence-electron chi connectivity index (χ0n) is 11.8. The molecule has 0 aliphatic rings. The highest BCUT2D eigenvalue weighted by molar-refractivity contribution is 5.82. The molecule has 0 aliphatic carbocycles. The summed E-state index contributed by atoms with van der Waals surface area (Å²) < 4.78 is 15.3. The van der Waals surface area contributed by atoms with E-state index in [1.807, 2.05) is 36.4 Å². The van der Waals surface area contributed by atoms with Crippen molar-refractivity contribution in [3.8, 4) is 0 Å². The van der Waals surface area contributed by atoms with Gasteiger partial charge in [-0.05, 0) is 12.5 Å². The first-order valence-corrected chi connectivity index (χ1v) is 6.45. The maximum atomic E-state index is 11.1. The van der Waals surface area contributed by atoms with Crippen molar-refractivity contribution in [2.45, 2.75) is 13.0 Å². The molecule has 0 amide bonds. The van der Waals surface area contributed by atoms with Gasteiger partial charge in [0, 0.05) is 13.2 Å². The number of hydrogen-bond donors (Lipinski definition) is 0. The Hall–Kier alpha value is -1.91. The lowest BCUT2D eigenvalue weighted by Crippen LogP contribution is -2.04. The molecule has 1 atom stereocenters. The van der Waals surface area contributed by atoms with Gasteiger partial charge in [0.05, 0.1) is 6.61 Å². The minimum atomic E-state index is -0.355. The van der Waals surface area contributed by atoms with Crippen LogP contribution in [0.15, 0.2) is 54.6 Å². The third-order valence-corrected chi connectivity index (χ3v) is 2.41. The monoisotopic (exact) mass is 276 g/mol. The average Bonchev–Trinajstić information content (AvgIpc) is 2.47. The molecule has 0 saturated carbocycles. The molecule has 20 heavy (non-hydrogen) atoms. The highest BCUT2D eigenvalue weighted by Gasteiger charge is 2.06. The molecule has 0 heterocycles. The topological polar surface area (TPSA) is 44.8 Å². The molecule has 4 nitrogen and oxygen atoms in total. The molecule has 0 spiro atoms. The van der Waals surface area contributed by atoms with Crippen LogP contribution < -0.4 is 0 Å². The van der Waals surface area contributed by atoms with E-state index in [9.17, 15) is 4.79 Å². The van der Waals surface area contributed by atoms with Gasteiger partial charge < -0.3 is 14.2 Å². The van der Waals surface area contributed by atoms with E-state index in [2.05, 4.69) is 0 Å². The van der Waals surface area contributed by atoms with Crippen LogP contribution in [0.3, 0.4) is 0 Å². The third kappa shape index (κ3) is 6.31. The van der Waals surface area contributed by atoms with E-state index in [0.29, 0.717) is 6.61 Å². The zero-order valence-corrected chi connectivity index (χ0v) is 11.8. The highest BCUT2D eigenvalue weighted by Crippen LogP contribution is 2.18. The molecule has 0 N–H and O–H groups in total. The van der Waals surface area contributed by atoms with Crippen LogP contribution in [0, 0.1) is 0 Å². The van der Waals surface area contributed by atoms with Crippen LogP contribution in [-0.2, 0) is 19.0 Å². The predicted octanol–water partition coefficient (Wildman–Crippen LogP) is 3.02. The van der Waals surface area contributed by atoms with Crippen molar-refractivity contribution in [2.75, 3.05) is 20.5 Å². The molecular formula is C16H20O4. The van der Waals surface area contributed by atoms with E-state index in [1.165, 1.54) is 6.08 Å². The Balaban J connectivity index is 2.63. The Labute approximate surface area is 119 Å². The van der Waals surface area contributed by atoms with Crippen LogP contribution in [0.25, 0.3) is 0 Å². The molecular weight excluding hydrogens is 256 g/mol. The molecule has 108 valence electrons. The summed E-state index contributed by atoms with van der Waals surface area (Å²) in [6.07, 6.45) is 6.39. The number of carbonyl (C=O) groups excluding carboxylic acids is 1. The summed E-state index contributed by atoms with van der Waals surface area (Å²) in [4.78, 5) is 11.1. The quantitative estimate of drug-likeness (QED) is 0.317. The highest BCUT2D eigenvalue weighted by atomic mass is 16.7. The number of ether oxygens (including phenoxy) is 3.